The first-order valence-corrected chi connectivity index (χ1v) is 8.59. The third-order valence-electron chi connectivity index (χ3n) is 5.31. The van der Waals surface area contributed by atoms with Crippen molar-refractivity contribution in [1.82, 2.24) is 9.80 Å². The summed E-state index contributed by atoms with van der Waals surface area (Å²) in [6.07, 6.45) is 5.25. The van der Waals surface area contributed by atoms with Crippen LogP contribution < -0.4 is 5.73 Å². The molecule has 0 amide bonds. The van der Waals surface area contributed by atoms with Gasteiger partial charge in [0.2, 0.25) is 0 Å². The van der Waals surface area contributed by atoms with Crippen LogP contribution in [0.1, 0.15) is 43.4 Å². The molecule has 2 heterocycles. The fraction of sp³-hybridized carbons (Fsp3) is 0.667. The van der Waals surface area contributed by atoms with Gasteiger partial charge in [-0.3, -0.25) is 9.80 Å². The smallest absolute Gasteiger partial charge is 0.0471 e. The molecule has 3 nitrogen and oxygen atoms in total. The van der Waals surface area contributed by atoms with Gasteiger partial charge in [0.15, 0.2) is 0 Å². The van der Waals surface area contributed by atoms with Crippen LogP contribution in [-0.4, -0.2) is 48.6 Å². The molecule has 2 atom stereocenters. The minimum Gasteiger partial charge on any atom is -0.329 e. The molecule has 0 bridgehead atoms. The van der Waals surface area contributed by atoms with E-state index in [4.69, 9.17) is 5.73 Å². The first kappa shape index (κ1) is 15.0. The lowest BCUT2D eigenvalue weighted by molar-refractivity contribution is 0.0286. The Balaban J connectivity index is 1.70. The van der Waals surface area contributed by atoms with E-state index >= 15 is 0 Å². The van der Waals surface area contributed by atoms with Crippen LogP contribution in [0.3, 0.4) is 0 Å². The zero-order valence-electron chi connectivity index (χ0n) is 13.3. The molecule has 0 aromatic heterocycles. The van der Waals surface area contributed by atoms with Crippen molar-refractivity contribution in [3.8, 4) is 0 Å². The Kier molecular flexibility index (Phi) is 4.94. The lowest BCUT2D eigenvalue weighted by Crippen LogP contribution is -2.56. The SMILES string of the molecule is CCc1ccc(C(CN)N2CCN3CCCCC3C2)cc1. The predicted molar refractivity (Wildman–Crippen MR) is 88.4 cm³/mol. The maximum Gasteiger partial charge on any atom is 0.0471 e. The number of piperidine rings is 1. The second-order valence-corrected chi connectivity index (χ2v) is 6.53. The van der Waals surface area contributed by atoms with Crippen molar-refractivity contribution < 1.29 is 0 Å². The molecular formula is C18H29N3. The number of piperazine rings is 1. The van der Waals surface area contributed by atoms with Gasteiger partial charge in [-0.15, -0.1) is 0 Å². The summed E-state index contributed by atoms with van der Waals surface area (Å²) in [5.74, 6) is 0. The average Bonchev–Trinajstić information content (AvgIpc) is 2.56. The van der Waals surface area contributed by atoms with Crippen LogP contribution in [0.4, 0.5) is 0 Å². The van der Waals surface area contributed by atoms with Gasteiger partial charge in [-0.05, 0) is 36.9 Å². The number of fused-ring (bicyclic) bond motifs is 1. The molecule has 2 aliphatic heterocycles. The molecule has 2 unspecified atom stereocenters. The van der Waals surface area contributed by atoms with Crippen LogP contribution in [0.5, 0.6) is 0 Å². The normalized spacial score (nSPS) is 25.5. The third kappa shape index (κ3) is 3.31. The third-order valence-corrected chi connectivity index (χ3v) is 5.31. The highest BCUT2D eigenvalue weighted by Crippen LogP contribution is 2.27. The van der Waals surface area contributed by atoms with Crippen molar-refractivity contribution in [2.75, 3.05) is 32.7 Å². The minimum atomic E-state index is 0.389. The number of benzene rings is 1. The number of hydrogen-bond donors (Lipinski definition) is 1. The Labute approximate surface area is 129 Å². The zero-order valence-corrected chi connectivity index (χ0v) is 13.3. The fourth-order valence-electron chi connectivity index (χ4n) is 3.93. The molecule has 21 heavy (non-hydrogen) atoms. The summed E-state index contributed by atoms with van der Waals surface area (Å²) in [6, 6.07) is 10.2. The van der Waals surface area contributed by atoms with Crippen LogP contribution in [0.2, 0.25) is 0 Å². The van der Waals surface area contributed by atoms with Crippen molar-refractivity contribution in [2.24, 2.45) is 5.73 Å². The molecule has 3 rings (SSSR count). The second-order valence-electron chi connectivity index (χ2n) is 6.53. The van der Waals surface area contributed by atoms with E-state index in [1.165, 1.54) is 50.0 Å². The second kappa shape index (κ2) is 6.91. The molecule has 2 aliphatic rings. The summed E-state index contributed by atoms with van der Waals surface area (Å²) in [4.78, 5) is 5.31. The quantitative estimate of drug-likeness (QED) is 0.923. The summed E-state index contributed by atoms with van der Waals surface area (Å²) in [7, 11) is 0. The molecule has 0 spiro atoms. The molecule has 0 saturated carbocycles. The van der Waals surface area contributed by atoms with E-state index in [1.54, 1.807) is 0 Å². The first-order valence-electron chi connectivity index (χ1n) is 8.59. The van der Waals surface area contributed by atoms with Crippen molar-refractivity contribution in [2.45, 2.75) is 44.7 Å². The molecule has 0 radical (unpaired) electrons. The highest BCUT2D eigenvalue weighted by Gasteiger charge is 2.32. The van der Waals surface area contributed by atoms with Crippen molar-refractivity contribution >= 4 is 0 Å². The largest absolute Gasteiger partial charge is 0.329 e. The molecular weight excluding hydrogens is 258 g/mol. The van der Waals surface area contributed by atoms with Crippen molar-refractivity contribution in [1.29, 1.82) is 0 Å². The van der Waals surface area contributed by atoms with Gasteiger partial charge < -0.3 is 5.73 Å². The molecule has 1 aromatic carbocycles. The summed E-state index contributed by atoms with van der Waals surface area (Å²) in [6.45, 7) is 7.80. The van der Waals surface area contributed by atoms with E-state index < -0.39 is 0 Å². The predicted octanol–water partition coefficient (Wildman–Crippen LogP) is 2.42. The Morgan fingerprint density at radius 1 is 1.14 bits per heavy atom. The van der Waals surface area contributed by atoms with E-state index in [2.05, 4.69) is 41.0 Å². The summed E-state index contributed by atoms with van der Waals surface area (Å²) in [5, 5.41) is 0. The van der Waals surface area contributed by atoms with Gasteiger partial charge in [-0.2, -0.15) is 0 Å². The van der Waals surface area contributed by atoms with E-state index in [9.17, 15) is 0 Å². The van der Waals surface area contributed by atoms with E-state index in [-0.39, 0.29) is 0 Å². The summed E-state index contributed by atoms with van der Waals surface area (Å²) >= 11 is 0. The molecule has 3 heteroatoms. The van der Waals surface area contributed by atoms with Crippen LogP contribution in [-0.2, 0) is 6.42 Å². The minimum absolute atomic E-state index is 0.389. The van der Waals surface area contributed by atoms with E-state index in [0.29, 0.717) is 6.04 Å². The number of rotatable bonds is 4. The van der Waals surface area contributed by atoms with Gasteiger partial charge in [0.25, 0.3) is 0 Å². The molecule has 2 N–H and O–H groups in total. The highest BCUT2D eigenvalue weighted by molar-refractivity contribution is 5.25. The molecule has 1 aromatic rings. The number of hydrogen-bond acceptors (Lipinski definition) is 3. The van der Waals surface area contributed by atoms with Crippen LogP contribution >= 0.6 is 0 Å². The maximum atomic E-state index is 6.12. The number of aryl methyl sites for hydroxylation is 1. The Morgan fingerprint density at radius 3 is 2.67 bits per heavy atom. The average molecular weight is 287 g/mol. The van der Waals surface area contributed by atoms with E-state index in [1.807, 2.05) is 0 Å². The zero-order chi connectivity index (χ0) is 14.7. The van der Waals surface area contributed by atoms with Gasteiger partial charge in [0.1, 0.15) is 0 Å². The fourth-order valence-corrected chi connectivity index (χ4v) is 3.93. The molecule has 2 saturated heterocycles. The van der Waals surface area contributed by atoms with Crippen LogP contribution in [0.15, 0.2) is 24.3 Å². The molecule has 116 valence electrons. The Bertz CT molecular complexity index is 442. The molecule has 2 fully saturated rings. The summed E-state index contributed by atoms with van der Waals surface area (Å²) in [5.41, 5.74) is 8.92. The van der Waals surface area contributed by atoms with Gasteiger partial charge in [-0.1, -0.05) is 37.6 Å². The van der Waals surface area contributed by atoms with Gasteiger partial charge in [0.05, 0.1) is 0 Å². The Hall–Kier alpha value is -0.900. The van der Waals surface area contributed by atoms with Gasteiger partial charge >= 0.3 is 0 Å². The highest BCUT2D eigenvalue weighted by atomic mass is 15.3. The van der Waals surface area contributed by atoms with Gasteiger partial charge in [0, 0.05) is 38.3 Å². The monoisotopic (exact) mass is 287 g/mol. The lowest BCUT2D eigenvalue weighted by atomic mass is 9.96. The van der Waals surface area contributed by atoms with Crippen LogP contribution in [0, 0.1) is 0 Å². The van der Waals surface area contributed by atoms with Crippen LogP contribution in [0.25, 0.3) is 0 Å². The molecule has 0 aliphatic carbocycles. The standard InChI is InChI=1S/C18H29N3/c1-2-15-6-8-16(9-7-15)18(13-19)21-12-11-20-10-4-3-5-17(20)14-21/h6-9,17-18H,2-5,10-14,19H2,1H3. The summed E-state index contributed by atoms with van der Waals surface area (Å²) < 4.78 is 0. The maximum absolute atomic E-state index is 6.12. The lowest BCUT2D eigenvalue weighted by Gasteiger charge is -2.46. The Morgan fingerprint density at radius 2 is 1.95 bits per heavy atom. The number of nitrogens with two attached hydrogens (primary N) is 1. The first-order chi connectivity index (χ1) is 10.3. The van der Waals surface area contributed by atoms with Gasteiger partial charge in [-0.25, -0.2) is 0 Å². The van der Waals surface area contributed by atoms with Crippen molar-refractivity contribution in [3.05, 3.63) is 35.4 Å². The van der Waals surface area contributed by atoms with E-state index in [0.717, 1.165) is 25.6 Å². The topological polar surface area (TPSA) is 32.5 Å². The number of nitrogens with zero attached hydrogens (tertiary/aromatic N) is 2. The van der Waals surface area contributed by atoms with Crippen molar-refractivity contribution in [3.63, 3.8) is 0 Å².